The summed E-state index contributed by atoms with van der Waals surface area (Å²) in [7, 11) is 0. The van der Waals surface area contributed by atoms with E-state index < -0.39 is 0 Å². The average Bonchev–Trinajstić information content (AvgIpc) is 3.08. The topological polar surface area (TPSA) is 33.1 Å². The summed E-state index contributed by atoms with van der Waals surface area (Å²) < 4.78 is 12.9. The molecule has 1 aromatic carbocycles. The van der Waals surface area contributed by atoms with Crippen LogP contribution in [-0.2, 0) is 5.41 Å². The van der Waals surface area contributed by atoms with Crippen LogP contribution in [0.4, 0.5) is 4.39 Å². The largest absolute Gasteiger partial charge is 0.395 e. The van der Waals surface area contributed by atoms with Crippen LogP contribution in [0.25, 0.3) is 10.6 Å². The Hall–Kier alpha value is -1.26. The van der Waals surface area contributed by atoms with E-state index in [2.05, 4.69) is 4.98 Å². The van der Waals surface area contributed by atoms with E-state index in [1.807, 2.05) is 6.92 Å². The van der Waals surface area contributed by atoms with Crippen molar-refractivity contribution in [2.75, 3.05) is 6.61 Å². The Bertz CT molecular complexity index is 572. The molecule has 1 heterocycles. The van der Waals surface area contributed by atoms with Gasteiger partial charge in [0.1, 0.15) is 10.8 Å². The number of rotatable bonds is 3. The molecule has 0 saturated heterocycles. The minimum absolute atomic E-state index is 0.0416. The number of aromatic nitrogens is 1. The maximum Gasteiger partial charge on any atom is 0.123 e. The van der Waals surface area contributed by atoms with Crippen LogP contribution in [0.1, 0.15) is 23.4 Å². The van der Waals surface area contributed by atoms with Gasteiger partial charge in [-0.3, -0.25) is 0 Å². The van der Waals surface area contributed by atoms with E-state index in [-0.39, 0.29) is 17.8 Å². The van der Waals surface area contributed by atoms with Crippen molar-refractivity contribution < 1.29 is 9.50 Å². The summed E-state index contributed by atoms with van der Waals surface area (Å²) in [4.78, 5) is 5.73. The molecule has 2 nitrogen and oxygen atoms in total. The first-order valence-electron chi connectivity index (χ1n) is 5.99. The van der Waals surface area contributed by atoms with Gasteiger partial charge in [0.15, 0.2) is 0 Å². The van der Waals surface area contributed by atoms with Crippen LogP contribution in [0.15, 0.2) is 24.3 Å². The van der Waals surface area contributed by atoms with Crippen molar-refractivity contribution in [2.24, 2.45) is 0 Å². The zero-order chi connectivity index (χ0) is 12.8. The number of hydrogen-bond donors (Lipinski definition) is 1. The fraction of sp³-hybridized carbons (Fsp3) is 0.357. The lowest BCUT2D eigenvalue weighted by molar-refractivity contribution is 0.256. The van der Waals surface area contributed by atoms with E-state index in [1.54, 1.807) is 23.5 Å². The van der Waals surface area contributed by atoms with Crippen molar-refractivity contribution in [3.05, 3.63) is 40.7 Å². The Morgan fingerprint density at radius 2 is 2.00 bits per heavy atom. The lowest BCUT2D eigenvalue weighted by Gasteiger charge is -2.08. The second-order valence-electron chi connectivity index (χ2n) is 4.88. The van der Waals surface area contributed by atoms with Gasteiger partial charge in [-0.05, 0) is 44.0 Å². The van der Waals surface area contributed by atoms with Crippen LogP contribution in [0.2, 0.25) is 0 Å². The fourth-order valence-corrected chi connectivity index (χ4v) is 3.52. The van der Waals surface area contributed by atoms with Crippen LogP contribution in [-0.4, -0.2) is 16.7 Å². The lowest BCUT2D eigenvalue weighted by Crippen LogP contribution is -2.11. The Balaban J connectivity index is 2.00. The summed E-state index contributed by atoms with van der Waals surface area (Å²) in [6, 6.07) is 6.39. The molecule has 1 N–H and O–H groups in total. The summed E-state index contributed by atoms with van der Waals surface area (Å²) in [5, 5.41) is 10.4. The van der Waals surface area contributed by atoms with E-state index in [9.17, 15) is 9.50 Å². The van der Waals surface area contributed by atoms with Gasteiger partial charge in [0.2, 0.25) is 0 Å². The summed E-state index contributed by atoms with van der Waals surface area (Å²) in [5.41, 5.74) is 1.88. The number of aryl methyl sites for hydroxylation is 1. The van der Waals surface area contributed by atoms with Crippen molar-refractivity contribution in [1.29, 1.82) is 0 Å². The van der Waals surface area contributed by atoms with Crippen LogP contribution < -0.4 is 0 Å². The number of benzene rings is 1. The summed E-state index contributed by atoms with van der Waals surface area (Å²) in [6.07, 6.45) is 2.07. The van der Waals surface area contributed by atoms with Crippen molar-refractivity contribution in [2.45, 2.75) is 25.2 Å². The zero-order valence-electron chi connectivity index (χ0n) is 10.1. The van der Waals surface area contributed by atoms with E-state index >= 15 is 0 Å². The van der Waals surface area contributed by atoms with E-state index in [1.165, 1.54) is 17.0 Å². The fourth-order valence-electron chi connectivity index (χ4n) is 2.21. The van der Waals surface area contributed by atoms with E-state index in [0.29, 0.717) is 0 Å². The molecule has 94 valence electrons. The molecule has 0 aliphatic heterocycles. The highest BCUT2D eigenvalue weighted by Gasteiger charge is 2.46. The molecule has 2 aromatic rings. The molecule has 0 amide bonds. The number of halogens is 1. The van der Waals surface area contributed by atoms with E-state index in [0.717, 1.165) is 29.1 Å². The third-order valence-electron chi connectivity index (χ3n) is 3.53. The van der Waals surface area contributed by atoms with Gasteiger partial charge in [-0.1, -0.05) is 0 Å². The molecule has 0 atom stereocenters. The number of hydrogen-bond acceptors (Lipinski definition) is 3. The molecule has 0 unspecified atom stereocenters. The zero-order valence-corrected chi connectivity index (χ0v) is 10.9. The highest BCUT2D eigenvalue weighted by molar-refractivity contribution is 7.15. The van der Waals surface area contributed by atoms with Crippen molar-refractivity contribution in [1.82, 2.24) is 4.98 Å². The second-order valence-corrected chi connectivity index (χ2v) is 5.88. The Morgan fingerprint density at radius 3 is 2.56 bits per heavy atom. The summed E-state index contributed by atoms with van der Waals surface area (Å²) in [5.74, 6) is -0.235. The molecule has 3 rings (SSSR count). The third-order valence-corrected chi connectivity index (χ3v) is 4.98. The summed E-state index contributed by atoms with van der Waals surface area (Å²) >= 11 is 1.62. The van der Waals surface area contributed by atoms with Gasteiger partial charge < -0.3 is 5.11 Å². The first kappa shape index (κ1) is 11.8. The van der Waals surface area contributed by atoms with Crippen LogP contribution in [0, 0.1) is 12.7 Å². The molecule has 1 aromatic heterocycles. The molecule has 0 bridgehead atoms. The van der Waals surface area contributed by atoms with Crippen LogP contribution >= 0.6 is 11.3 Å². The van der Waals surface area contributed by atoms with Gasteiger partial charge in [0.05, 0.1) is 12.3 Å². The van der Waals surface area contributed by atoms with Crippen LogP contribution in [0.5, 0.6) is 0 Å². The van der Waals surface area contributed by atoms with Crippen LogP contribution in [0.3, 0.4) is 0 Å². The van der Waals surface area contributed by atoms with Gasteiger partial charge in [-0.25, -0.2) is 9.37 Å². The lowest BCUT2D eigenvalue weighted by atomic mass is 10.1. The molecule has 0 radical (unpaired) electrons. The number of nitrogens with zero attached hydrogens (tertiary/aromatic N) is 1. The maximum absolute atomic E-state index is 12.9. The predicted molar refractivity (Wildman–Crippen MR) is 70.2 cm³/mol. The quantitative estimate of drug-likeness (QED) is 0.922. The third kappa shape index (κ3) is 1.85. The molecule has 1 fully saturated rings. The Kier molecular flexibility index (Phi) is 2.72. The maximum atomic E-state index is 12.9. The second kappa shape index (κ2) is 4.14. The molecule has 4 heteroatoms. The standard InChI is InChI=1S/C14H14FNOS/c1-9-12(14(8-17)6-7-14)18-13(16-9)10-2-4-11(15)5-3-10/h2-5,17H,6-8H2,1H3. The molecule has 18 heavy (non-hydrogen) atoms. The normalized spacial score (nSPS) is 16.8. The summed E-state index contributed by atoms with van der Waals surface area (Å²) in [6.45, 7) is 2.17. The number of thiazole rings is 1. The van der Waals surface area contributed by atoms with E-state index in [4.69, 9.17) is 0 Å². The molecule has 1 aliphatic carbocycles. The molecular formula is C14H14FNOS. The predicted octanol–water partition coefficient (Wildman–Crippen LogP) is 3.28. The van der Waals surface area contributed by atoms with Crippen molar-refractivity contribution in [3.63, 3.8) is 0 Å². The first-order chi connectivity index (χ1) is 8.64. The first-order valence-corrected chi connectivity index (χ1v) is 6.81. The molecule has 1 saturated carbocycles. The van der Waals surface area contributed by atoms with Gasteiger partial charge in [0.25, 0.3) is 0 Å². The van der Waals surface area contributed by atoms with Gasteiger partial charge >= 0.3 is 0 Å². The number of aliphatic hydroxyl groups is 1. The highest BCUT2D eigenvalue weighted by Crippen LogP contribution is 2.51. The highest BCUT2D eigenvalue weighted by atomic mass is 32.1. The van der Waals surface area contributed by atoms with Gasteiger partial charge in [0, 0.05) is 15.9 Å². The Morgan fingerprint density at radius 1 is 1.33 bits per heavy atom. The monoisotopic (exact) mass is 263 g/mol. The van der Waals surface area contributed by atoms with Crippen molar-refractivity contribution >= 4 is 11.3 Å². The van der Waals surface area contributed by atoms with Gasteiger partial charge in [-0.2, -0.15) is 0 Å². The minimum Gasteiger partial charge on any atom is -0.395 e. The minimum atomic E-state index is -0.235. The average molecular weight is 263 g/mol. The molecular weight excluding hydrogens is 249 g/mol. The smallest absolute Gasteiger partial charge is 0.123 e. The van der Waals surface area contributed by atoms with Crippen molar-refractivity contribution in [3.8, 4) is 10.6 Å². The SMILES string of the molecule is Cc1nc(-c2ccc(F)cc2)sc1C1(CO)CC1. The van der Waals surface area contributed by atoms with Gasteiger partial charge in [-0.15, -0.1) is 11.3 Å². The number of aliphatic hydroxyl groups excluding tert-OH is 1. The molecule has 1 aliphatic rings. The molecule has 0 spiro atoms. The Labute approximate surface area is 109 Å².